The first-order valence-electron chi connectivity index (χ1n) is 12.0. The molecule has 0 aliphatic carbocycles. The molecule has 0 heterocycles. The summed E-state index contributed by atoms with van der Waals surface area (Å²) < 4.78 is 16.3. The maximum absolute atomic E-state index is 12.2. The standard InChI is InChI=1S/C27H37N3O6/c1-19-16-20(2)24(30-26(33)36-27(3,4)5)22(17-19)34-15-9-12-23(31)28-13-14-29-25(32)35-18-21-10-7-6-8-11-21/h6-8,10-11,16-17H,9,12-15,18H2,1-5H3,(H,28,31)(H,29,32)(H,30,33). The molecule has 0 saturated carbocycles. The summed E-state index contributed by atoms with van der Waals surface area (Å²) in [6, 6.07) is 13.2. The van der Waals surface area contributed by atoms with Crippen LogP contribution in [0.3, 0.4) is 0 Å². The number of benzene rings is 2. The Labute approximate surface area is 212 Å². The van der Waals surface area contributed by atoms with Crippen molar-refractivity contribution >= 4 is 23.8 Å². The molecule has 0 aliphatic heterocycles. The molecule has 0 aliphatic rings. The molecule has 9 nitrogen and oxygen atoms in total. The predicted molar refractivity (Wildman–Crippen MR) is 138 cm³/mol. The summed E-state index contributed by atoms with van der Waals surface area (Å²) in [6.07, 6.45) is -0.350. The Kier molecular flexibility index (Phi) is 11.1. The van der Waals surface area contributed by atoms with Gasteiger partial charge in [0.2, 0.25) is 5.91 Å². The molecule has 0 radical (unpaired) electrons. The van der Waals surface area contributed by atoms with Gasteiger partial charge in [-0.15, -0.1) is 0 Å². The third kappa shape index (κ3) is 11.1. The van der Waals surface area contributed by atoms with Crippen LogP contribution in [0.25, 0.3) is 0 Å². The minimum absolute atomic E-state index is 0.148. The Morgan fingerprint density at radius 3 is 2.31 bits per heavy atom. The summed E-state index contributed by atoms with van der Waals surface area (Å²) in [5.41, 5.74) is 2.67. The summed E-state index contributed by atoms with van der Waals surface area (Å²) in [7, 11) is 0. The average molecular weight is 500 g/mol. The van der Waals surface area contributed by atoms with E-state index in [-0.39, 0.29) is 25.5 Å². The van der Waals surface area contributed by atoms with Gasteiger partial charge in [0.05, 0.1) is 12.3 Å². The van der Waals surface area contributed by atoms with Crippen molar-refractivity contribution in [2.24, 2.45) is 0 Å². The zero-order chi connectivity index (χ0) is 26.6. The molecule has 0 saturated heterocycles. The molecule has 196 valence electrons. The lowest BCUT2D eigenvalue weighted by molar-refractivity contribution is -0.121. The van der Waals surface area contributed by atoms with Crippen LogP contribution in [0.1, 0.15) is 50.3 Å². The molecule has 3 N–H and O–H groups in total. The first-order valence-corrected chi connectivity index (χ1v) is 12.0. The minimum Gasteiger partial charge on any atom is -0.491 e. The second-order valence-corrected chi connectivity index (χ2v) is 9.37. The molecule has 0 atom stereocenters. The number of ether oxygens (including phenoxy) is 3. The molecule has 0 aromatic heterocycles. The number of nitrogens with one attached hydrogen (secondary N) is 3. The van der Waals surface area contributed by atoms with Crippen molar-refractivity contribution in [2.45, 2.75) is 59.7 Å². The molecule has 36 heavy (non-hydrogen) atoms. The van der Waals surface area contributed by atoms with Gasteiger partial charge in [-0.3, -0.25) is 10.1 Å². The van der Waals surface area contributed by atoms with Gasteiger partial charge in [0.15, 0.2) is 0 Å². The van der Waals surface area contributed by atoms with Crippen molar-refractivity contribution < 1.29 is 28.6 Å². The summed E-state index contributed by atoms with van der Waals surface area (Å²) in [5.74, 6) is 0.377. The molecule has 9 heteroatoms. The van der Waals surface area contributed by atoms with Crippen molar-refractivity contribution in [3.8, 4) is 5.75 Å². The van der Waals surface area contributed by atoms with Crippen LogP contribution < -0.4 is 20.7 Å². The van der Waals surface area contributed by atoms with Gasteiger partial charge in [0, 0.05) is 19.5 Å². The smallest absolute Gasteiger partial charge is 0.412 e. The van der Waals surface area contributed by atoms with Crippen LogP contribution in [-0.4, -0.2) is 43.4 Å². The van der Waals surface area contributed by atoms with Crippen molar-refractivity contribution in [3.05, 3.63) is 59.2 Å². The highest BCUT2D eigenvalue weighted by Crippen LogP contribution is 2.30. The van der Waals surface area contributed by atoms with Crippen molar-refractivity contribution in [1.82, 2.24) is 10.6 Å². The second kappa shape index (κ2) is 14.0. The largest absolute Gasteiger partial charge is 0.491 e. The number of carbonyl (C=O) groups excluding carboxylic acids is 3. The maximum atomic E-state index is 12.2. The Hall–Kier alpha value is -3.75. The van der Waals surface area contributed by atoms with E-state index in [2.05, 4.69) is 16.0 Å². The summed E-state index contributed by atoms with van der Waals surface area (Å²) in [5, 5.41) is 8.11. The van der Waals surface area contributed by atoms with Crippen LogP contribution in [0.2, 0.25) is 0 Å². The monoisotopic (exact) mass is 499 g/mol. The van der Waals surface area contributed by atoms with Crippen molar-refractivity contribution in [3.63, 3.8) is 0 Å². The minimum atomic E-state index is -0.616. The number of amides is 3. The molecular formula is C27H37N3O6. The topological polar surface area (TPSA) is 115 Å². The molecule has 2 aromatic carbocycles. The molecule has 0 spiro atoms. The van der Waals surface area contributed by atoms with Gasteiger partial charge in [0.25, 0.3) is 0 Å². The number of rotatable bonds is 11. The van der Waals surface area contributed by atoms with Crippen LogP contribution in [0.4, 0.5) is 15.3 Å². The SMILES string of the molecule is Cc1cc(C)c(NC(=O)OC(C)(C)C)c(OCCCC(=O)NCCNC(=O)OCc2ccccc2)c1. The molecule has 2 rings (SSSR count). The number of anilines is 1. The number of alkyl carbamates (subject to hydrolysis) is 1. The Morgan fingerprint density at radius 2 is 1.61 bits per heavy atom. The molecule has 3 amide bonds. The van der Waals surface area contributed by atoms with Crippen LogP contribution in [-0.2, 0) is 20.9 Å². The lowest BCUT2D eigenvalue weighted by Gasteiger charge is -2.21. The van der Waals surface area contributed by atoms with E-state index >= 15 is 0 Å². The fraction of sp³-hybridized carbons (Fsp3) is 0.444. The first-order chi connectivity index (χ1) is 17.0. The van der Waals surface area contributed by atoms with Gasteiger partial charge in [-0.05, 0) is 63.8 Å². The first kappa shape index (κ1) is 28.5. The maximum Gasteiger partial charge on any atom is 0.412 e. The van der Waals surface area contributed by atoms with E-state index in [1.165, 1.54) is 0 Å². The highest BCUT2D eigenvalue weighted by molar-refractivity contribution is 5.88. The van der Waals surface area contributed by atoms with Crippen LogP contribution in [0.5, 0.6) is 5.75 Å². The summed E-state index contributed by atoms with van der Waals surface area (Å²) in [4.78, 5) is 36.0. The van der Waals surface area contributed by atoms with Gasteiger partial charge >= 0.3 is 12.2 Å². The van der Waals surface area contributed by atoms with E-state index in [1.54, 1.807) is 20.8 Å². The Balaban J connectivity index is 1.68. The number of aryl methyl sites for hydroxylation is 2. The fourth-order valence-corrected chi connectivity index (χ4v) is 3.25. The average Bonchev–Trinajstić information content (AvgIpc) is 2.79. The van der Waals surface area contributed by atoms with E-state index in [0.717, 1.165) is 16.7 Å². The van der Waals surface area contributed by atoms with E-state index in [4.69, 9.17) is 14.2 Å². The molecule has 0 fully saturated rings. The zero-order valence-corrected chi connectivity index (χ0v) is 21.7. The molecule has 0 unspecified atom stereocenters. The van der Waals surface area contributed by atoms with Gasteiger partial charge in [-0.25, -0.2) is 9.59 Å². The predicted octanol–water partition coefficient (Wildman–Crippen LogP) is 4.85. The highest BCUT2D eigenvalue weighted by Gasteiger charge is 2.19. The Morgan fingerprint density at radius 1 is 0.917 bits per heavy atom. The number of carbonyl (C=O) groups is 3. The fourth-order valence-electron chi connectivity index (χ4n) is 3.25. The third-order valence-corrected chi connectivity index (χ3v) is 4.80. The lowest BCUT2D eigenvalue weighted by Crippen LogP contribution is -2.34. The quantitative estimate of drug-likeness (QED) is 0.381. The van der Waals surface area contributed by atoms with Crippen LogP contribution in [0.15, 0.2) is 42.5 Å². The zero-order valence-electron chi connectivity index (χ0n) is 21.7. The highest BCUT2D eigenvalue weighted by atomic mass is 16.6. The van der Waals surface area contributed by atoms with Crippen LogP contribution >= 0.6 is 0 Å². The van der Waals surface area contributed by atoms with E-state index in [0.29, 0.717) is 31.0 Å². The second-order valence-electron chi connectivity index (χ2n) is 9.37. The van der Waals surface area contributed by atoms with E-state index < -0.39 is 17.8 Å². The Bertz CT molecular complexity index is 1020. The normalized spacial score (nSPS) is 10.8. The molecular weight excluding hydrogens is 462 g/mol. The van der Waals surface area contributed by atoms with Crippen molar-refractivity contribution in [1.29, 1.82) is 0 Å². The number of hydrogen-bond acceptors (Lipinski definition) is 6. The third-order valence-electron chi connectivity index (χ3n) is 4.80. The van der Waals surface area contributed by atoms with Crippen LogP contribution in [0, 0.1) is 13.8 Å². The van der Waals surface area contributed by atoms with E-state index in [1.807, 2.05) is 56.3 Å². The van der Waals surface area contributed by atoms with Gasteiger partial charge < -0.3 is 24.8 Å². The molecule has 2 aromatic rings. The summed E-state index contributed by atoms with van der Waals surface area (Å²) >= 11 is 0. The lowest BCUT2D eigenvalue weighted by atomic mass is 10.1. The van der Waals surface area contributed by atoms with E-state index in [9.17, 15) is 14.4 Å². The van der Waals surface area contributed by atoms with Gasteiger partial charge in [-0.2, -0.15) is 0 Å². The molecule has 0 bridgehead atoms. The number of hydrogen-bond donors (Lipinski definition) is 3. The summed E-state index contributed by atoms with van der Waals surface area (Å²) in [6.45, 7) is 10.2. The van der Waals surface area contributed by atoms with Gasteiger partial charge in [-0.1, -0.05) is 36.4 Å². The van der Waals surface area contributed by atoms with Gasteiger partial charge in [0.1, 0.15) is 18.0 Å². The van der Waals surface area contributed by atoms with Crippen molar-refractivity contribution in [2.75, 3.05) is 25.0 Å².